The molecule has 162 valence electrons. The number of aromatic nitrogens is 3. The van der Waals surface area contributed by atoms with Crippen molar-refractivity contribution in [3.63, 3.8) is 0 Å². The molecule has 8 nitrogen and oxygen atoms in total. The fourth-order valence-electron chi connectivity index (χ4n) is 3.79. The van der Waals surface area contributed by atoms with E-state index in [1.165, 1.54) is 0 Å². The van der Waals surface area contributed by atoms with Gasteiger partial charge in [-0.2, -0.15) is 5.10 Å². The van der Waals surface area contributed by atoms with E-state index in [-0.39, 0.29) is 23.2 Å². The van der Waals surface area contributed by atoms with Gasteiger partial charge in [0.05, 0.1) is 23.2 Å². The molecule has 1 atom stereocenters. The number of amides is 1. The fraction of sp³-hybridized carbons (Fsp3) is 0.174. The van der Waals surface area contributed by atoms with Gasteiger partial charge in [-0.15, -0.1) is 0 Å². The molecular formula is C23H20N4O4S. The number of carbonyl (C=O) groups is 1. The van der Waals surface area contributed by atoms with Gasteiger partial charge in [-0.25, -0.2) is 13.1 Å². The fourth-order valence-corrected chi connectivity index (χ4v) is 5.48. The lowest BCUT2D eigenvalue weighted by molar-refractivity contribution is 0.101. The lowest BCUT2D eigenvalue weighted by atomic mass is 10.1. The van der Waals surface area contributed by atoms with Gasteiger partial charge in [0, 0.05) is 23.3 Å². The van der Waals surface area contributed by atoms with E-state index in [1.54, 1.807) is 16.8 Å². The number of sulfone groups is 1. The summed E-state index contributed by atoms with van der Waals surface area (Å²) in [4.78, 5) is 12.9. The van der Waals surface area contributed by atoms with Gasteiger partial charge in [0.15, 0.2) is 21.3 Å². The van der Waals surface area contributed by atoms with Crippen molar-refractivity contribution < 1.29 is 17.7 Å². The number of benzene rings is 2. The summed E-state index contributed by atoms with van der Waals surface area (Å²) in [6, 6.07) is 21.9. The third kappa shape index (κ3) is 4.06. The maximum Gasteiger partial charge on any atom is 0.279 e. The summed E-state index contributed by atoms with van der Waals surface area (Å²) >= 11 is 0. The molecule has 2 aromatic carbocycles. The number of hydrogen-bond acceptors (Lipinski definition) is 6. The molecule has 2 aromatic heterocycles. The van der Waals surface area contributed by atoms with Crippen molar-refractivity contribution in [2.24, 2.45) is 0 Å². The van der Waals surface area contributed by atoms with Crippen molar-refractivity contribution in [3.05, 3.63) is 78.5 Å². The summed E-state index contributed by atoms with van der Waals surface area (Å²) in [6.45, 7) is 0. The summed E-state index contributed by atoms with van der Waals surface area (Å²) < 4.78 is 31.0. The first kappa shape index (κ1) is 20.2. The normalized spacial score (nSPS) is 17.3. The Morgan fingerprint density at radius 3 is 2.34 bits per heavy atom. The molecule has 1 aliphatic heterocycles. The molecule has 3 heterocycles. The van der Waals surface area contributed by atoms with Crippen LogP contribution in [0.15, 0.2) is 77.3 Å². The minimum atomic E-state index is -3.12. The molecule has 1 fully saturated rings. The maximum atomic E-state index is 12.9. The summed E-state index contributed by atoms with van der Waals surface area (Å²) in [5.74, 6) is 0.539. The SMILES string of the molecule is O=C(Nc1cc(-c2ccccc2)nn1[C@H]1CCS(=O)(=O)C1)c1cc(-c2ccccc2)on1. The van der Waals surface area contributed by atoms with E-state index >= 15 is 0 Å². The third-order valence-corrected chi connectivity index (χ3v) is 7.15. The summed E-state index contributed by atoms with van der Waals surface area (Å²) in [6.07, 6.45) is 0.448. The Kier molecular flexibility index (Phi) is 5.10. The number of nitrogens with zero attached hydrogens (tertiary/aromatic N) is 3. The van der Waals surface area contributed by atoms with Gasteiger partial charge in [-0.3, -0.25) is 4.79 Å². The molecule has 0 saturated carbocycles. The first-order valence-corrected chi connectivity index (χ1v) is 12.0. The molecule has 1 amide bonds. The highest BCUT2D eigenvalue weighted by Gasteiger charge is 2.32. The minimum Gasteiger partial charge on any atom is -0.355 e. The van der Waals surface area contributed by atoms with E-state index in [9.17, 15) is 13.2 Å². The molecule has 1 N–H and O–H groups in total. The van der Waals surface area contributed by atoms with Crippen LogP contribution < -0.4 is 5.32 Å². The van der Waals surface area contributed by atoms with Crippen LogP contribution in [0.25, 0.3) is 22.6 Å². The number of hydrogen-bond donors (Lipinski definition) is 1. The van der Waals surface area contributed by atoms with E-state index < -0.39 is 15.7 Å². The molecule has 0 aliphatic carbocycles. The van der Waals surface area contributed by atoms with Crippen LogP contribution in [0.2, 0.25) is 0 Å². The van der Waals surface area contributed by atoms with Gasteiger partial charge in [-0.1, -0.05) is 65.8 Å². The molecule has 32 heavy (non-hydrogen) atoms. The second-order valence-corrected chi connectivity index (χ2v) is 9.91. The minimum absolute atomic E-state index is 0.00606. The van der Waals surface area contributed by atoms with Crippen LogP contribution in [0.5, 0.6) is 0 Å². The number of carbonyl (C=O) groups excluding carboxylic acids is 1. The highest BCUT2D eigenvalue weighted by atomic mass is 32.2. The van der Waals surface area contributed by atoms with Crippen LogP contribution in [0, 0.1) is 0 Å². The van der Waals surface area contributed by atoms with E-state index in [0.717, 1.165) is 11.1 Å². The molecule has 1 saturated heterocycles. The van der Waals surface area contributed by atoms with Crippen molar-refractivity contribution in [2.75, 3.05) is 16.8 Å². The smallest absolute Gasteiger partial charge is 0.279 e. The van der Waals surface area contributed by atoms with E-state index in [0.29, 0.717) is 23.7 Å². The van der Waals surface area contributed by atoms with Gasteiger partial charge < -0.3 is 9.84 Å². The van der Waals surface area contributed by atoms with Crippen LogP contribution >= 0.6 is 0 Å². The zero-order chi connectivity index (χ0) is 22.1. The van der Waals surface area contributed by atoms with E-state index in [2.05, 4.69) is 15.6 Å². The Morgan fingerprint density at radius 1 is 1.00 bits per heavy atom. The summed E-state index contributed by atoms with van der Waals surface area (Å²) in [5, 5.41) is 11.3. The van der Waals surface area contributed by atoms with Crippen LogP contribution in [0.4, 0.5) is 5.82 Å². The third-order valence-electron chi connectivity index (χ3n) is 5.40. The molecule has 1 aliphatic rings. The molecule has 0 radical (unpaired) electrons. The number of rotatable bonds is 5. The van der Waals surface area contributed by atoms with Gasteiger partial charge in [0.1, 0.15) is 5.82 Å². The van der Waals surface area contributed by atoms with E-state index in [4.69, 9.17) is 4.52 Å². The average Bonchev–Trinajstić information content (AvgIpc) is 3.53. The first-order chi connectivity index (χ1) is 15.5. The monoisotopic (exact) mass is 448 g/mol. The van der Waals surface area contributed by atoms with Gasteiger partial charge in [0.2, 0.25) is 0 Å². The Labute approximate surface area is 184 Å². The molecule has 0 spiro atoms. The second kappa shape index (κ2) is 8.08. The Bertz CT molecular complexity index is 1360. The second-order valence-electron chi connectivity index (χ2n) is 7.68. The van der Waals surface area contributed by atoms with Crippen molar-refractivity contribution in [2.45, 2.75) is 12.5 Å². The Hall–Kier alpha value is -3.72. The van der Waals surface area contributed by atoms with Crippen LogP contribution in [-0.4, -0.2) is 40.8 Å². The zero-order valence-corrected chi connectivity index (χ0v) is 17.8. The highest BCUT2D eigenvalue weighted by Crippen LogP contribution is 2.30. The van der Waals surface area contributed by atoms with Crippen LogP contribution in [0.1, 0.15) is 23.0 Å². The van der Waals surface area contributed by atoms with Crippen molar-refractivity contribution in [1.82, 2.24) is 14.9 Å². The van der Waals surface area contributed by atoms with Gasteiger partial charge in [0.25, 0.3) is 5.91 Å². The topological polar surface area (TPSA) is 107 Å². The first-order valence-electron chi connectivity index (χ1n) is 10.2. The number of anilines is 1. The number of nitrogens with one attached hydrogen (secondary N) is 1. The van der Waals surface area contributed by atoms with Crippen molar-refractivity contribution >= 4 is 21.6 Å². The maximum absolute atomic E-state index is 12.9. The van der Waals surface area contributed by atoms with Gasteiger partial charge in [-0.05, 0) is 6.42 Å². The summed E-state index contributed by atoms with van der Waals surface area (Å²) in [5.41, 5.74) is 2.45. The Balaban J connectivity index is 1.45. The van der Waals surface area contributed by atoms with E-state index in [1.807, 2.05) is 60.7 Å². The average molecular weight is 449 g/mol. The standard InChI is InChI=1S/C23H20N4O4S/c28-23(20-13-21(31-26-20)17-9-5-2-6-10-17)24-22-14-19(16-7-3-1-4-8-16)25-27(22)18-11-12-32(29,30)15-18/h1-10,13-14,18H,11-12,15H2,(H,24,28)/t18-/m0/s1. The molecule has 5 rings (SSSR count). The highest BCUT2D eigenvalue weighted by molar-refractivity contribution is 7.91. The predicted molar refractivity (Wildman–Crippen MR) is 120 cm³/mol. The molecule has 0 bridgehead atoms. The molecule has 9 heteroatoms. The van der Waals surface area contributed by atoms with Gasteiger partial charge >= 0.3 is 0 Å². The predicted octanol–water partition coefficient (Wildman–Crippen LogP) is 3.82. The lowest BCUT2D eigenvalue weighted by Gasteiger charge is -2.13. The Morgan fingerprint density at radius 2 is 1.69 bits per heavy atom. The van der Waals surface area contributed by atoms with Crippen molar-refractivity contribution in [1.29, 1.82) is 0 Å². The zero-order valence-electron chi connectivity index (χ0n) is 17.0. The molecule has 0 unspecified atom stereocenters. The summed E-state index contributed by atoms with van der Waals surface area (Å²) in [7, 11) is -3.12. The van der Waals surface area contributed by atoms with Crippen molar-refractivity contribution in [3.8, 4) is 22.6 Å². The van der Waals surface area contributed by atoms with Crippen LogP contribution in [-0.2, 0) is 9.84 Å². The lowest BCUT2D eigenvalue weighted by Crippen LogP contribution is -2.19. The molecule has 4 aromatic rings. The largest absolute Gasteiger partial charge is 0.355 e. The molecular weight excluding hydrogens is 428 g/mol. The quantitative estimate of drug-likeness (QED) is 0.497. The van der Waals surface area contributed by atoms with Crippen LogP contribution in [0.3, 0.4) is 0 Å².